The summed E-state index contributed by atoms with van der Waals surface area (Å²) >= 11 is 15.7. The number of halogens is 3. The Balaban J connectivity index is 1.90. The van der Waals surface area contributed by atoms with Crippen LogP contribution in [-0.4, -0.2) is 4.98 Å². The highest BCUT2D eigenvalue weighted by atomic mass is 79.9. The third kappa shape index (κ3) is 3.15. The van der Waals surface area contributed by atoms with E-state index in [0.29, 0.717) is 11.6 Å². The van der Waals surface area contributed by atoms with Crippen LogP contribution in [0, 0.1) is 0 Å². The molecule has 0 radical (unpaired) electrons. The number of fused-ring (bicyclic) bond motifs is 1. The molecule has 0 spiro atoms. The number of pyridine rings is 1. The van der Waals surface area contributed by atoms with Crippen molar-refractivity contribution in [2.24, 2.45) is 0 Å². The number of benzene rings is 2. The lowest BCUT2D eigenvalue weighted by Gasteiger charge is -2.11. The molecule has 0 saturated heterocycles. The standard InChI is InChI=1S/C16H11BrCl2N2/c17-13-8-11(18)4-6-15(13)21-9-10-3-5-14(19)12-2-1-7-20-16(10)12/h1-8,21H,9H2. The molecule has 1 N–H and O–H groups in total. The molecular weight excluding hydrogens is 371 g/mol. The molecule has 5 heteroatoms. The maximum Gasteiger partial charge on any atom is 0.0766 e. The van der Waals surface area contributed by atoms with E-state index in [1.807, 2.05) is 42.5 Å². The fourth-order valence-electron chi connectivity index (χ4n) is 2.16. The molecule has 106 valence electrons. The van der Waals surface area contributed by atoms with Gasteiger partial charge in [-0.2, -0.15) is 0 Å². The van der Waals surface area contributed by atoms with E-state index in [9.17, 15) is 0 Å². The first-order valence-electron chi connectivity index (χ1n) is 6.36. The van der Waals surface area contributed by atoms with E-state index in [4.69, 9.17) is 23.2 Å². The molecule has 0 atom stereocenters. The lowest BCUT2D eigenvalue weighted by molar-refractivity contribution is 1.15. The second-order valence-corrected chi connectivity index (χ2v) is 6.28. The molecule has 0 amide bonds. The summed E-state index contributed by atoms with van der Waals surface area (Å²) in [5.41, 5.74) is 3.00. The number of hydrogen-bond donors (Lipinski definition) is 1. The minimum atomic E-state index is 0.658. The largest absolute Gasteiger partial charge is 0.380 e. The summed E-state index contributed by atoms with van der Waals surface area (Å²) in [6.45, 7) is 0.658. The van der Waals surface area contributed by atoms with E-state index >= 15 is 0 Å². The maximum absolute atomic E-state index is 6.21. The van der Waals surface area contributed by atoms with Crippen molar-refractivity contribution in [3.05, 3.63) is 68.7 Å². The molecule has 0 saturated carbocycles. The zero-order valence-corrected chi connectivity index (χ0v) is 14.0. The van der Waals surface area contributed by atoms with Crippen molar-refractivity contribution in [3.63, 3.8) is 0 Å². The fraction of sp³-hybridized carbons (Fsp3) is 0.0625. The summed E-state index contributed by atoms with van der Waals surface area (Å²) in [7, 11) is 0. The molecule has 0 aliphatic rings. The summed E-state index contributed by atoms with van der Waals surface area (Å²) in [6, 6.07) is 13.4. The van der Waals surface area contributed by atoms with Gasteiger partial charge in [0.2, 0.25) is 0 Å². The van der Waals surface area contributed by atoms with Crippen LogP contribution in [0.4, 0.5) is 5.69 Å². The number of anilines is 1. The zero-order valence-electron chi connectivity index (χ0n) is 10.9. The van der Waals surface area contributed by atoms with Crippen LogP contribution in [0.1, 0.15) is 5.56 Å². The molecule has 1 aromatic heterocycles. The van der Waals surface area contributed by atoms with Crippen molar-refractivity contribution >= 4 is 55.7 Å². The van der Waals surface area contributed by atoms with Crippen LogP contribution >= 0.6 is 39.1 Å². The summed E-state index contributed by atoms with van der Waals surface area (Å²) in [6.07, 6.45) is 1.78. The van der Waals surface area contributed by atoms with Gasteiger partial charge in [0.25, 0.3) is 0 Å². The van der Waals surface area contributed by atoms with Crippen LogP contribution in [0.2, 0.25) is 10.0 Å². The van der Waals surface area contributed by atoms with E-state index in [1.165, 1.54) is 0 Å². The number of aromatic nitrogens is 1. The topological polar surface area (TPSA) is 24.9 Å². The zero-order chi connectivity index (χ0) is 14.8. The lowest BCUT2D eigenvalue weighted by Crippen LogP contribution is -2.01. The first kappa shape index (κ1) is 14.6. The van der Waals surface area contributed by atoms with E-state index < -0.39 is 0 Å². The summed E-state index contributed by atoms with van der Waals surface area (Å²) in [5.74, 6) is 0. The van der Waals surface area contributed by atoms with Crippen LogP contribution < -0.4 is 5.32 Å². The van der Waals surface area contributed by atoms with Gasteiger partial charge in [-0.25, -0.2) is 0 Å². The third-order valence-corrected chi connectivity index (χ3v) is 4.42. The number of nitrogens with one attached hydrogen (secondary N) is 1. The Morgan fingerprint density at radius 3 is 2.76 bits per heavy atom. The predicted molar refractivity (Wildman–Crippen MR) is 93.2 cm³/mol. The van der Waals surface area contributed by atoms with Crippen LogP contribution in [0.15, 0.2) is 53.1 Å². The SMILES string of the molecule is Clc1ccc(NCc2ccc(Cl)c3cccnc23)c(Br)c1. The monoisotopic (exact) mass is 380 g/mol. The lowest BCUT2D eigenvalue weighted by atomic mass is 10.1. The van der Waals surface area contributed by atoms with Gasteiger partial charge in [0.05, 0.1) is 5.52 Å². The van der Waals surface area contributed by atoms with Gasteiger partial charge in [0, 0.05) is 38.3 Å². The van der Waals surface area contributed by atoms with Gasteiger partial charge in [-0.05, 0) is 57.9 Å². The normalized spacial score (nSPS) is 10.8. The van der Waals surface area contributed by atoms with Crippen LogP contribution in [0.25, 0.3) is 10.9 Å². The summed E-state index contributed by atoms with van der Waals surface area (Å²) < 4.78 is 0.932. The highest BCUT2D eigenvalue weighted by Gasteiger charge is 2.06. The molecule has 0 fully saturated rings. The molecule has 2 nitrogen and oxygen atoms in total. The molecule has 0 aliphatic heterocycles. The predicted octanol–water partition coefficient (Wildman–Crippen LogP) is 5.92. The molecule has 0 unspecified atom stereocenters. The van der Waals surface area contributed by atoms with E-state index in [-0.39, 0.29) is 0 Å². The molecule has 2 aromatic carbocycles. The molecule has 3 rings (SSSR count). The highest BCUT2D eigenvalue weighted by molar-refractivity contribution is 9.10. The fourth-order valence-corrected chi connectivity index (χ4v) is 3.20. The van der Waals surface area contributed by atoms with Crippen molar-refractivity contribution < 1.29 is 0 Å². The van der Waals surface area contributed by atoms with Crippen molar-refractivity contribution in [3.8, 4) is 0 Å². The van der Waals surface area contributed by atoms with Gasteiger partial charge in [0.15, 0.2) is 0 Å². The van der Waals surface area contributed by atoms with Gasteiger partial charge in [0.1, 0.15) is 0 Å². The molecule has 1 heterocycles. The van der Waals surface area contributed by atoms with E-state index in [0.717, 1.165) is 31.6 Å². The molecule has 3 aromatic rings. The average molecular weight is 382 g/mol. The second kappa shape index (κ2) is 6.22. The number of hydrogen-bond acceptors (Lipinski definition) is 2. The molecular formula is C16H11BrCl2N2. The minimum Gasteiger partial charge on any atom is -0.380 e. The Morgan fingerprint density at radius 2 is 1.95 bits per heavy atom. The van der Waals surface area contributed by atoms with Crippen LogP contribution in [0.3, 0.4) is 0 Å². The van der Waals surface area contributed by atoms with Gasteiger partial charge >= 0.3 is 0 Å². The average Bonchev–Trinajstić information content (AvgIpc) is 2.48. The highest BCUT2D eigenvalue weighted by Crippen LogP contribution is 2.28. The first-order valence-corrected chi connectivity index (χ1v) is 7.91. The van der Waals surface area contributed by atoms with Crippen LogP contribution in [-0.2, 0) is 6.54 Å². The van der Waals surface area contributed by atoms with Gasteiger partial charge in [-0.3, -0.25) is 4.98 Å². The van der Waals surface area contributed by atoms with Crippen molar-refractivity contribution in [2.75, 3.05) is 5.32 Å². The Bertz CT molecular complexity index is 805. The minimum absolute atomic E-state index is 0.658. The number of rotatable bonds is 3. The Morgan fingerprint density at radius 1 is 1.10 bits per heavy atom. The van der Waals surface area contributed by atoms with Gasteiger partial charge in [-0.1, -0.05) is 29.3 Å². The summed E-state index contributed by atoms with van der Waals surface area (Å²) in [4.78, 5) is 4.43. The Labute approximate surface area is 141 Å². The molecule has 0 bridgehead atoms. The van der Waals surface area contributed by atoms with Crippen LogP contribution in [0.5, 0.6) is 0 Å². The number of nitrogens with zero attached hydrogens (tertiary/aromatic N) is 1. The van der Waals surface area contributed by atoms with Crippen molar-refractivity contribution in [1.82, 2.24) is 4.98 Å². The third-order valence-electron chi connectivity index (χ3n) is 3.20. The quantitative estimate of drug-likeness (QED) is 0.609. The van der Waals surface area contributed by atoms with Crippen molar-refractivity contribution in [2.45, 2.75) is 6.54 Å². The second-order valence-electron chi connectivity index (χ2n) is 4.58. The van der Waals surface area contributed by atoms with E-state index in [2.05, 4.69) is 26.2 Å². The maximum atomic E-state index is 6.21. The Hall–Kier alpha value is -1.29. The van der Waals surface area contributed by atoms with Gasteiger partial charge in [-0.15, -0.1) is 0 Å². The molecule has 0 aliphatic carbocycles. The first-order chi connectivity index (χ1) is 10.1. The smallest absolute Gasteiger partial charge is 0.0766 e. The van der Waals surface area contributed by atoms with E-state index in [1.54, 1.807) is 6.20 Å². The van der Waals surface area contributed by atoms with Crippen molar-refractivity contribution in [1.29, 1.82) is 0 Å². The molecule has 21 heavy (non-hydrogen) atoms. The van der Waals surface area contributed by atoms with Gasteiger partial charge < -0.3 is 5.32 Å². The summed E-state index contributed by atoms with van der Waals surface area (Å²) in [5, 5.41) is 5.76. The Kier molecular flexibility index (Phi) is 4.34.